The van der Waals surface area contributed by atoms with Crippen molar-refractivity contribution in [2.24, 2.45) is 0 Å². The SMILES string of the molecule is C=O.[Cl-].[Cl-].[Co+2]. The van der Waals surface area contributed by atoms with E-state index in [0.29, 0.717) is 0 Å². The van der Waals surface area contributed by atoms with Crippen LogP contribution in [-0.2, 0) is 21.6 Å². The first-order chi connectivity index (χ1) is 1.00. The van der Waals surface area contributed by atoms with Crippen molar-refractivity contribution < 1.29 is 46.4 Å². The van der Waals surface area contributed by atoms with E-state index in [-0.39, 0.29) is 41.6 Å². The van der Waals surface area contributed by atoms with Crippen LogP contribution in [0.5, 0.6) is 0 Å². The predicted molar refractivity (Wildman–Crippen MR) is 7.12 cm³/mol. The summed E-state index contributed by atoms with van der Waals surface area (Å²) < 4.78 is 0. The molecule has 0 N–H and O–H groups in total. The number of carbonyl (C=O) groups excluding carboxylic acids is 1. The molecule has 35 valence electrons. The van der Waals surface area contributed by atoms with Gasteiger partial charge in [0, 0.05) is 0 Å². The number of hydrogen-bond acceptors (Lipinski definition) is 1. The molecule has 0 bridgehead atoms. The molecule has 0 rings (SSSR count). The van der Waals surface area contributed by atoms with Gasteiger partial charge >= 0.3 is 16.8 Å². The third-order valence-corrected chi connectivity index (χ3v) is 0. The van der Waals surface area contributed by atoms with Crippen LogP contribution in [-0.4, -0.2) is 6.79 Å². The normalized spacial score (nSPS) is 0.800. The largest absolute Gasteiger partial charge is 2.00 e. The van der Waals surface area contributed by atoms with Crippen LogP contribution in [0.25, 0.3) is 0 Å². The van der Waals surface area contributed by atoms with Crippen molar-refractivity contribution in [3.63, 3.8) is 0 Å². The van der Waals surface area contributed by atoms with Crippen molar-refractivity contribution in [2.75, 3.05) is 0 Å². The maximum Gasteiger partial charge on any atom is 2.00 e. The van der Waals surface area contributed by atoms with Gasteiger partial charge in [-0.15, -0.1) is 0 Å². The van der Waals surface area contributed by atoms with E-state index in [4.69, 9.17) is 4.79 Å². The van der Waals surface area contributed by atoms with Crippen LogP contribution in [0.4, 0.5) is 0 Å². The molecule has 0 saturated heterocycles. The molecule has 1 nitrogen and oxygen atoms in total. The van der Waals surface area contributed by atoms with Crippen molar-refractivity contribution in [1.29, 1.82) is 0 Å². The molecule has 4 heteroatoms. The number of hydrogen-bond donors (Lipinski definition) is 0. The molecule has 0 aromatic heterocycles. The molecule has 0 aliphatic rings. The fraction of sp³-hybridized carbons (Fsp3) is 0. The van der Waals surface area contributed by atoms with Gasteiger partial charge in [-0.3, -0.25) is 0 Å². The van der Waals surface area contributed by atoms with Gasteiger partial charge in [-0.1, -0.05) is 0 Å². The van der Waals surface area contributed by atoms with Crippen molar-refractivity contribution in [1.82, 2.24) is 0 Å². The summed E-state index contributed by atoms with van der Waals surface area (Å²) in [5, 5.41) is 0. The molecule has 5 heavy (non-hydrogen) atoms. The van der Waals surface area contributed by atoms with E-state index < -0.39 is 0 Å². The van der Waals surface area contributed by atoms with Crippen LogP contribution < -0.4 is 24.8 Å². The third kappa shape index (κ3) is 63.2. The van der Waals surface area contributed by atoms with E-state index in [9.17, 15) is 0 Å². The van der Waals surface area contributed by atoms with Crippen LogP contribution in [0, 0.1) is 0 Å². The van der Waals surface area contributed by atoms with Crippen molar-refractivity contribution >= 4 is 6.79 Å². The first-order valence-electron chi connectivity index (χ1n) is 0.289. The fourth-order valence-corrected chi connectivity index (χ4v) is 0. The third-order valence-electron chi connectivity index (χ3n) is 0. The molecule has 0 aliphatic heterocycles. The summed E-state index contributed by atoms with van der Waals surface area (Å²) in [6, 6.07) is 0. The predicted octanol–water partition coefficient (Wildman–Crippen LogP) is -6.18. The molecule has 0 fully saturated rings. The van der Waals surface area contributed by atoms with Crippen LogP contribution in [0.1, 0.15) is 0 Å². The average molecular weight is 160 g/mol. The quantitative estimate of drug-likeness (QED) is 0.344. The maximum absolute atomic E-state index is 8.00. The van der Waals surface area contributed by atoms with Crippen molar-refractivity contribution in [3.05, 3.63) is 0 Å². The van der Waals surface area contributed by atoms with E-state index in [1.165, 1.54) is 0 Å². The van der Waals surface area contributed by atoms with Crippen LogP contribution in [0.3, 0.4) is 0 Å². The minimum atomic E-state index is 0. The van der Waals surface area contributed by atoms with Crippen molar-refractivity contribution in [2.45, 2.75) is 0 Å². The minimum absolute atomic E-state index is 0. The summed E-state index contributed by atoms with van der Waals surface area (Å²) in [6.07, 6.45) is 0. The standard InChI is InChI=1S/CH2O.2ClH.Co/c1-2;;;/h1H2;2*1H;/q;;;+2/p-2. The molecule has 0 spiro atoms. The Morgan fingerprint density at radius 2 is 1.00 bits per heavy atom. The zero-order chi connectivity index (χ0) is 2.00. The molecule has 0 aromatic rings. The van der Waals surface area contributed by atoms with Gasteiger partial charge in [0.25, 0.3) is 0 Å². The second-order valence-electron chi connectivity index (χ2n) is 0. The molecular formula is CH2Cl2CoO. The summed E-state index contributed by atoms with van der Waals surface area (Å²) in [5.41, 5.74) is 0. The Labute approximate surface area is 53.5 Å². The Balaban J connectivity index is -0.00000000167. The van der Waals surface area contributed by atoms with Gasteiger partial charge in [-0.25, -0.2) is 0 Å². The first kappa shape index (κ1) is 42.2. The molecule has 0 atom stereocenters. The Kier molecular flexibility index (Phi) is 990. The molecule has 1 radical (unpaired) electrons. The van der Waals surface area contributed by atoms with Gasteiger partial charge in [0.05, 0.1) is 0 Å². The van der Waals surface area contributed by atoms with Gasteiger partial charge in [0.15, 0.2) is 0 Å². The summed E-state index contributed by atoms with van der Waals surface area (Å²) in [7, 11) is 0. The number of rotatable bonds is 0. The smallest absolute Gasteiger partial charge is 1.00 e. The summed E-state index contributed by atoms with van der Waals surface area (Å²) in [5.74, 6) is 0. The zero-order valence-corrected chi connectivity index (χ0v) is 4.76. The second kappa shape index (κ2) is 117. The average Bonchev–Trinajstić information content (AvgIpc) is 1.00. The van der Waals surface area contributed by atoms with Gasteiger partial charge in [-0.2, -0.15) is 0 Å². The fourth-order valence-electron chi connectivity index (χ4n) is 0. The maximum atomic E-state index is 8.00. The monoisotopic (exact) mass is 159 g/mol. The van der Waals surface area contributed by atoms with Crippen LogP contribution in [0.2, 0.25) is 0 Å². The van der Waals surface area contributed by atoms with E-state index in [0.717, 1.165) is 0 Å². The van der Waals surface area contributed by atoms with Crippen LogP contribution >= 0.6 is 0 Å². The molecule has 0 heterocycles. The van der Waals surface area contributed by atoms with Gasteiger partial charge < -0.3 is 29.6 Å². The Morgan fingerprint density at radius 1 is 1.00 bits per heavy atom. The summed E-state index contributed by atoms with van der Waals surface area (Å²) in [4.78, 5) is 8.00. The van der Waals surface area contributed by atoms with E-state index in [1.54, 1.807) is 0 Å². The number of halogens is 2. The van der Waals surface area contributed by atoms with E-state index >= 15 is 0 Å². The second-order valence-corrected chi connectivity index (χ2v) is 0. The molecule has 0 saturated carbocycles. The molecule has 0 aliphatic carbocycles. The summed E-state index contributed by atoms with van der Waals surface area (Å²) in [6.45, 7) is 2.00. The Morgan fingerprint density at radius 3 is 1.00 bits per heavy atom. The number of carbonyl (C=O) groups is 1. The zero-order valence-electron chi connectivity index (χ0n) is 2.20. The molecule has 0 amide bonds. The molecular weight excluding hydrogens is 158 g/mol. The Hall–Kier alpha value is 0.756. The van der Waals surface area contributed by atoms with Gasteiger partial charge in [0.1, 0.15) is 6.79 Å². The Bertz CT molecular complexity index is 9.61. The van der Waals surface area contributed by atoms with Crippen LogP contribution in [0.15, 0.2) is 0 Å². The van der Waals surface area contributed by atoms with E-state index in [1.807, 2.05) is 6.79 Å². The summed E-state index contributed by atoms with van der Waals surface area (Å²) >= 11 is 0. The van der Waals surface area contributed by atoms with Crippen molar-refractivity contribution in [3.8, 4) is 0 Å². The topological polar surface area (TPSA) is 17.1 Å². The minimum Gasteiger partial charge on any atom is -1.00 e. The van der Waals surface area contributed by atoms with Gasteiger partial charge in [0.2, 0.25) is 0 Å². The first-order valence-corrected chi connectivity index (χ1v) is 0.289. The van der Waals surface area contributed by atoms with E-state index in [2.05, 4.69) is 0 Å². The molecule has 0 unspecified atom stereocenters. The molecule has 0 aromatic carbocycles. The van der Waals surface area contributed by atoms with Gasteiger partial charge in [-0.05, 0) is 0 Å².